The van der Waals surface area contributed by atoms with Crippen molar-refractivity contribution >= 4 is 39.1 Å². The lowest BCUT2D eigenvalue weighted by Gasteiger charge is -2.13. The van der Waals surface area contributed by atoms with Crippen LogP contribution in [-0.4, -0.2) is 19.6 Å². The van der Waals surface area contributed by atoms with E-state index in [4.69, 9.17) is 21.1 Å². The molecule has 0 aliphatic carbocycles. The van der Waals surface area contributed by atoms with Crippen molar-refractivity contribution in [2.75, 3.05) is 19.0 Å². The summed E-state index contributed by atoms with van der Waals surface area (Å²) in [5, 5.41) is 3.35. The van der Waals surface area contributed by atoms with E-state index in [1.807, 2.05) is 32.0 Å². The lowest BCUT2D eigenvalue weighted by atomic mass is 10.2. The first-order valence-corrected chi connectivity index (χ1v) is 8.10. The lowest BCUT2D eigenvalue weighted by molar-refractivity contribution is -0.118. The molecule has 0 atom stereocenters. The highest BCUT2D eigenvalue weighted by atomic mass is 79.9. The largest absolute Gasteiger partial charge is 0.495 e. The second-order valence-corrected chi connectivity index (χ2v) is 6.33. The number of carbonyl (C=O) groups excluding carboxylic acids is 1. The van der Waals surface area contributed by atoms with Crippen molar-refractivity contribution in [2.24, 2.45) is 0 Å². The minimum Gasteiger partial charge on any atom is -0.495 e. The number of ether oxygens (including phenoxy) is 2. The predicted molar refractivity (Wildman–Crippen MR) is 95.7 cm³/mol. The Balaban J connectivity index is 2.04. The molecule has 1 amide bonds. The van der Waals surface area contributed by atoms with Crippen molar-refractivity contribution in [1.29, 1.82) is 0 Å². The quantitative estimate of drug-likeness (QED) is 0.791. The van der Waals surface area contributed by atoms with Gasteiger partial charge in [-0.1, -0.05) is 17.7 Å². The number of rotatable bonds is 5. The summed E-state index contributed by atoms with van der Waals surface area (Å²) in [6.45, 7) is 3.74. The lowest BCUT2D eigenvalue weighted by Crippen LogP contribution is -2.20. The Morgan fingerprint density at radius 3 is 2.61 bits per heavy atom. The Hall–Kier alpha value is -1.72. The molecule has 0 radical (unpaired) electrons. The van der Waals surface area contributed by atoms with E-state index in [0.29, 0.717) is 22.2 Å². The molecule has 0 heterocycles. The van der Waals surface area contributed by atoms with Crippen LogP contribution < -0.4 is 14.8 Å². The number of nitrogens with one attached hydrogen (secondary N) is 1. The first-order valence-electron chi connectivity index (χ1n) is 6.93. The first kappa shape index (κ1) is 17.6. The second-order valence-electron chi connectivity index (χ2n) is 5.07. The van der Waals surface area contributed by atoms with E-state index in [0.717, 1.165) is 15.6 Å². The van der Waals surface area contributed by atoms with Crippen LogP contribution in [0.5, 0.6) is 11.5 Å². The summed E-state index contributed by atoms with van der Waals surface area (Å²) in [5.74, 6) is 0.841. The minimum absolute atomic E-state index is 0.105. The van der Waals surface area contributed by atoms with Crippen LogP contribution in [0.2, 0.25) is 5.02 Å². The number of amides is 1. The molecule has 0 fully saturated rings. The third-order valence-corrected chi connectivity index (χ3v) is 4.23. The van der Waals surface area contributed by atoms with Crippen LogP contribution >= 0.6 is 27.5 Å². The first-order chi connectivity index (χ1) is 10.9. The van der Waals surface area contributed by atoms with E-state index in [1.54, 1.807) is 12.1 Å². The molecule has 0 unspecified atom stereocenters. The number of benzene rings is 2. The van der Waals surface area contributed by atoms with E-state index >= 15 is 0 Å². The number of hydrogen-bond acceptors (Lipinski definition) is 3. The molecule has 2 aromatic carbocycles. The van der Waals surface area contributed by atoms with Gasteiger partial charge in [-0.25, -0.2) is 0 Å². The van der Waals surface area contributed by atoms with E-state index in [9.17, 15) is 4.79 Å². The van der Waals surface area contributed by atoms with E-state index in [1.165, 1.54) is 7.11 Å². The topological polar surface area (TPSA) is 47.6 Å². The Kier molecular flexibility index (Phi) is 5.91. The van der Waals surface area contributed by atoms with Crippen LogP contribution in [0.4, 0.5) is 5.69 Å². The van der Waals surface area contributed by atoms with Gasteiger partial charge in [0.25, 0.3) is 5.91 Å². The normalized spacial score (nSPS) is 10.3. The van der Waals surface area contributed by atoms with Crippen LogP contribution in [0.3, 0.4) is 0 Å². The van der Waals surface area contributed by atoms with Crippen LogP contribution in [0.25, 0.3) is 0 Å². The highest BCUT2D eigenvalue weighted by Gasteiger charge is 2.11. The van der Waals surface area contributed by atoms with Crippen molar-refractivity contribution < 1.29 is 14.3 Å². The number of aryl methyl sites for hydroxylation is 2. The average Bonchev–Trinajstić information content (AvgIpc) is 2.49. The zero-order valence-electron chi connectivity index (χ0n) is 13.1. The fourth-order valence-electron chi connectivity index (χ4n) is 1.98. The summed E-state index contributed by atoms with van der Waals surface area (Å²) in [4.78, 5) is 12.1. The van der Waals surface area contributed by atoms with Gasteiger partial charge in [0.05, 0.1) is 17.3 Å². The molecule has 0 aromatic heterocycles. The molecule has 0 aliphatic heterocycles. The van der Waals surface area contributed by atoms with Gasteiger partial charge >= 0.3 is 0 Å². The molecule has 6 heteroatoms. The highest BCUT2D eigenvalue weighted by molar-refractivity contribution is 9.10. The predicted octanol–water partition coefficient (Wildman–Crippen LogP) is 4.75. The summed E-state index contributed by atoms with van der Waals surface area (Å²) in [7, 11) is 1.52. The summed E-state index contributed by atoms with van der Waals surface area (Å²) in [6, 6.07) is 9.10. The molecule has 0 aliphatic rings. The van der Waals surface area contributed by atoms with Gasteiger partial charge < -0.3 is 14.8 Å². The van der Waals surface area contributed by atoms with Crippen molar-refractivity contribution in [3.63, 3.8) is 0 Å². The Labute approximate surface area is 148 Å². The standard InChI is InChI=1S/C17H17BrClNO3/c1-10-4-5-15(12(18)6-10)23-9-17(21)20-14-7-11(2)13(19)8-16(14)22-3/h4-8H,9H2,1-3H3,(H,20,21). The molecule has 0 bridgehead atoms. The zero-order chi connectivity index (χ0) is 17.0. The monoisotopic (exact) mass is 397 g/mol. The Morgan fingerprint density at radius 2 is 1.96 bits per heavy atom. The number of halogens is 2. The number of carbonyl (C=O) groups is 1. The molecule has 23 heavy (non-hydrogen) atoms. The van der Waals surface area contributed by atoms with Gasteiger partial charge in [0.1, 0.15) is 11.5 Å². The minimum atomic E-state index is -0.280. The second kappa shape index (κ2) is 7.70. The molecule has 1 N–H and O–H groups in total. The van der Waals surface area contributed by atoms with Crippen molar-refractivity contribution in [3.05, 3.63) is 51.0 Å². The maximum absolute atomic E-state index is 12.1. The van der Waals surface area contributed by atoms with Gasteiger partial charge in [-0.2, -0.15) is 0 Å². The summed E-state index contributed by atoms with van der Waals surface area (Å²) in [5.41, 5.74) is 2.52. The van der Waals surface area contributed by atoms with Crippen molar-refractivity contribution in [1.82, 2.24) is 0 Å². The number of methoxy groups -OCH3 is 1. The highest BCUT2D eigenvalue weighted by Crippen LogP contribution is 2.31. The van der Waals surface area contributed by atoms with Crippen LogP contribution in [0, 0.1) is 13.8 Å². The molecule has 2 aromatic rings. The smallest absolute Gasteiger partial charge is 0.262 e. The van der Waals surface area contributed by atoms with Gasteiger partial charge in [0.2, 0.25) is 0 Å². The fourth-order valence-corrected chi connectivity index (χ4v) is 2.74. The van der Waals surface area contributed by atoms with Crippen molar-refractivity contribution in [2.45, 2.75) is 13.8 Å². The van der Waals surface area contributed by atoms with E-state index < -0.39 is 0 Å². The SMILES string of the molecule is COc1cc(Cl)c(C)cc1NC(=O)COc1ccc(C)cc1Br. The summed E-state index contributed by atoms with van der Waals surface area (Å²) >= 11 is 9.46. The maximum atomic E-state index is 12.1. The van der Waals surface area contributed by atoms with Crippen LogP contribution in [0.1, 0.15) is 11.1 Å². The van der Waals surface area contributed by atoms with Gasteiger partial charge in [-0.3, -0.25) is 4.79 Å². The zero-order valence-corrected chi connectivity index (χ0v) is 15.4. The summed E-state index contributed by atoms with van der Waals surface area (Å²) in [6.07, 6.45) is 0. The fraction of sp³-hybridized carbons (Fsp3) is 0.235. The van der Waals surface area contributed by atoms with E-state index in [2.05, 4.69) is 21.2 Å². The average molecular weight is 399 g/mol. The van der Waals surface area contributed by atoms with Gasteiger partial charge in [0.15, 0.2) is 6.61 Å². The van der Waals surface area contributed by atoms with Crippen LogP contribution in [-0.2, 0) is 4.79 Å². The molecule has 122 valence electrons. The van der Waals surface area contributed by atoms with Crippen molar-refractivity contribution in [3.8, 4) is 11.5 Å². The summed E-state index contributed by atoms with van der Waals surface area (Å²) < 4.78 is 11.6. The van der Waals surface area contributed by atoms with Gasteiger partial charge in [-0.05, 0) is 59.1 Å². The molecule has 0 spiro atoms. The molecule has 0 saturated heterocycles. The molecule has 4 nitrogen and oxygen atoms in total. The Morgan fingerprint density at radius 1 is 1.22 bits per heavy atom. The molecule has 2 rings (SSSR count). The third-order valence-electron chi connectivity index (χ3n) is 3.20. The number of anilines is 1. The third kappa shape index (κ3) is 4.62. The maximum Gasteiger partial charge on any atom is 0.262 e. The van der Waals surface area contributed by atoms with E-state index in [-0.39, 0.29) is 12.5 Å². The Bertz CT molecular complexity index is 734. The van der Waals surface area contributed by atoms with Gasteiger partial charge in [-0.15, -0.1) is 0 Å². The number of hydrogen-bond donors (Lipinski definition) is 1. The van der Waals surface area contributed by atoms with Crippen LogP contribution in [0.15, 0.2) is 34.8 Å². The molecule has 0 saturated carbocycles. The molecular formula is C17H17BrClNO3. The van der Waals surface area contributed by atoms with Gasteiger partial charge in [0, 0.05) is 11.1 Å². The molecular weight excluding hydrogens is 382 g/mol.